The molecule has 0 aliphatic carbocycles. The summed E-state index contributed by atoms with van der Waals surface area (Å²) in [5.74, 6) is -3.44. The van der Waals surface area contributed by atoms with Crippen LogP contribution >= 0.6 is 0 Å². The van der Waals surface area contributed by atoms with Crippen LogP contribution in [0.4, 0.5) is 5.69 Å². The molecule has 0 aromatic heterocycles. The van der Waals surface area contributed by atoms with Crippen LogP contribution in [-0.4, -0.2) is 122 Å². The predicted octanol–water partition coefficient (Wildman–Crippen LogP) is 2.69. The number of likely N-dealkylation sites (tertiary alicyclic amines) is 1. The fourth-order valence-electron chi connectivity index (χ4n) is 7.49. The summed E-state index contributed by atoms with van der Waals surface area (Å²) in [6.07, 6.45) is 0.608. The number of aliphatic carboxylic acids is 1. The van der Waals surface area contributed by atoms with Crippen LogP contribution in [0.5, 0.6) is 0 Å². The molecule has 2 rings (SSSR count). The second kappa shape index (κ2) is 21.2. The number of methoxy groups -OCH3 is 2. The minimum Gasteiger partial charge on any atom is -0.480 e. The summed E-state index contributed by atoms with van der Waals surface area (Å²) in [6.45, 7) is 13.8. The van der Waals surface area contributed by atoms with E-state index in [1.54, 1.807) is 55.1 Å². The Labute approximate surface area is 316 Å². The molecule has 0 saturated carbocycles. The zero-order valence-electron chi connectivity index (χ0n) is 33.7. The number of carbonyl (C=O) groups excluding carboxylic acids is 4. The van der Waals surface area contributed by atoms with Crippen molar-refractivity contribution < 1.29 is 38.6 Å². The molecule has 0 radical (unpaired) electrons. The zero-order chi connectivity index (χ0) is 40.2. The van der Waals surface area contributed by atoms with Gasteiger partial charge in [0.1, 0.15) is 12.1 Å². The van der Waals surface area contributed by atoms with Gasteiger partial charge in [0.15, 0.2) is 0 Å². The van der Waals surface area contributed by atoms with Crippen LogP contribution in [0, 0.1) is 23.7 Å². The van der Waals surface area contributed by atoms with Crippen LogP contribution in [0.1, 0.15) is 79.7 Å². The normalized spacial score (nSPS) is 19.1. The second-order valence-electron chi connectivity index (χ2n) is 15.1. The van der Waals surface area contributed by atoms with Gasteiger partial charge in [0.25, 0.3) is 0 Å². The van der Waals surface area contributed by atoms with E-state index in [9.17, 15) is 29.1 Å². The highest BCUT2D eigenvalue weighted by Gasteiger charge is 2.43. The summed E-state index contributed by atoms with van der Waals surface area (Å²) in [6, 6.07) is 3.52. The number of hydrogen-bond acceptors (Lipinski definition) is 9. The van der Waals surface area contributed by atoms with Gasteiger partial charge in [0.05, 0.1) is 42.7 Å². The molecule has 53 heavy (non-hydrogen) atoms. The smallest absolute Gasteiger partial charge is 0.326 e. The van der Waals surface area contributed by atoms with E-state index >= 15 is 0 Å². The highest BCUT2D eigenvalue weighted by Crippen LogP contribution is 2.30. The van der Waals surface area contributed by atoms with Gasteiger partial charge < -0.3 is 46.1 Å². The molecule has 9 atom stereocenters. The number of hydrogen-bond donors (Lipinski definition) is 5. The Hall–Kier alpha value is -3.75. The van der Waals surface area contributed by atoms with Gasteiger partial charge in [0, 0.05) is 39.9 Å². The van der Waals surface area contributed by atoms with E-state index < -0.39 is 60.2 Å². The van der Waals surface area contributed by atoms with Gasteiger partial charge in [-0.05, 0) is 49.3 Å². The number of carboxylic acid groups (broad SMARTS) is 1. The fourth-order valence-corrected chi connectivity index (χ4v) is 7.49. The lowest BCUT2D eigenvalue weighted by atomic mass is 9.89. The number of rotatable bonds is 21. The molecular formula is C39H66N6O8. The van der Waals surface area contributed by atoms with Crippen LogP contribution in [0.15, 0.2) is 24.3 Å². The summed E-state index contributed by atoms with van der Waals surface area (Å²) in [7, 11) is 6.43. The second-order valence-corrected chi connectivity index (χ2v) is 15.1. The number of anilines is 1. The minimum absolute atomic E-state index is 0.0115. The van der Waals surface area contributed by atoms with Crippen molar-refractivity contribution in [3.63, 3.8) is 0 Å². The maximum absolute atomic E-state index is 14.1. The molecular weight excluding hydrogens is 680 g/mol. The molecule has 0 unspecified atom stereocenters. The zero-order valence-corrected chi connectivity index (χ0v) is 33.7. The van der Waals surface area contributed by atoms with Crippen LogP contribution in [0.2, 0.25) is 0 Å². The number of likely N-dealkylation sites (N-methyl/N-ethyl adjacent to an activating group) is 2. The lowest BCUT2D eigenvalue weighted by molar-refractivity contribution is -0.148. The molecule has 1 aromatic rings. The Balaban J connectivity index is 2.27. The highest BCUT2D eigenvalue weighted by atomic mass is 16.5. The van der Waals surface area contributed by atoms with Crippen LogP contribution in [0.3, 0.4) is 0 Å². The first-order valence-corrected chi connectivity index (χ1v) is 18.9. The van der Waals surface area contributed by atoms with Crippen LogP contribution in [0.25, 0.3) is 0 Å². The summed E-state index contributed by atoms with van der Waals surface area (Å²) in [5.41, 5.74) is 7.08. The number of nitrogens with two attached hydrogens (primary N) is 1. The van der Waals surface area contributed by atoms with Crippen molar-refractivity contribution in [2.75, 3.05) is 40.6 Å². The average Bonchev–Trinajstić information content (AvgIpc) is 3.60. The molecule has 300 valence electrons. The number of carboxylic acids is 1. The third-order valence-corrected chi connectivity index (χ3v) is 10.8. The van der Waals surface area contributed by atoms with E-state index in [1.807, 2.05) is 41.5 Å². The van der Waals surface area contributed by atoms with Crippen molar-refractivity contribution in [2.24, 2.45) is 23.7 Å². The first-order chi connectivity index (χ1) is 24.9. The summed E-state index contributed by atoms with van der Waals surface area (Å²) < 4.78 is 11.8. The summed E-state index contributed by atoms with van der Waals surface area (Å²) in [5, 5.41) is 18.6. The Kier molecular flexibility index (Phi) is 18.2. The molecule has 0 spiro atoms. The van der Waals surface area contributed by atoms with Crippen molar-refractivity contribution in [1.29, 1.82) is 0 Å². The van der Waals surface area contributed by atoms with E-state index in [4.69, 9.17) is 15.2 Å². The van der Waals surface area contributed by atoms with Gasteiger partial charge in [-0.15, -0.1) is 0 Å². The van der Waals surface area contributed by atoms with Gasteiger partial charge in [-0.25, -0.2) is 4.79 Å². The van der Waals surface area contributed by atoms with Gasteiger partial charge in [0.2, 0.25) is 23.6 Å². The van der Waals surface area contributed by atoms with Crippen molar-refractivity contribution in [2.45, 2.75) is 123 Å². The molecule has 6 N–H and O–H groups in total. The molecule has 4 amide bonds. The number of nitrogen functional groups attached to an aromatic ring is 1. The number of para-hydroxylation sites is 1. The number of carbonyl (C=O) groups is 5. The standard InChI is InChI=1S/C39H66N6O8/c1-12-24(6)34(44(9)38(49)33(23(4)5)43-37(48)32(41-8)22(2)3)30(52-10)21-31(46)45-19-15-18-29(45)35(53-11)25(7)36(47)42-28(39(50)51)20-26-16-13-14-17-27(26)40/h13-14,16-17,22-25,28-30,32-35,41H,12,15,18-21,40H2,1-11H3,(H,42,47)(H,43,48)(H,50,51)/t24-,25+,28-,29-,30+,32-,33-,34-,35+/m0/s1. The quantitative estimate of drug-likeness (QED) is 0.117. The lowest BCUT2D eigenvalue weighted by Crippen LogP contribution is -2.59. The van der Waals surface area contributed by atoms with Crippen molar-refractivity contribution in [3.05, 3.63) is 29.8 Å². The largest absolute Gasteiger partial charge is 0.480 e. The fraction of sp³-hybridized carbons (Fsp3) is 0.718. The first kappa shape index (κ1) is 45.4. The van der Waals surface area contributed by atoms with Gasteiger partial charge in [-0.1, -0.05) is 73.1 Å². The highest BCUT2D eigenvalue weighted by molar-refractivity contribution is 5.90. The predicted molar refractivity (Wildman–Crippen MR) is 205 cm³/mol. The molecule has 1 aromatic carbocycles. The van der Waals surface area contributed by atoms with Crippen LogP contribution in [-0.2, 0) is 39.9 Å². The SMILES string of the molecule is CC[C@H](C)[C@@H]([C@@H](CC(=O)N1CCC[C@H]1[C@H](OC)[C@@H](C)C(=O)N[C@@H](Cc1ccccc1N)C(=O)O)OC)N(C)C(=O)[C@@H](NC(=O)[C@@H](NC)C(C)C)C(C)C. The Morgan fingerprint density at radius 3 is 2.09 bits per heavy atom. The molecule has 0 bridgehead atoms. The minimum atomic E-state index is -1.21. The third kappa shape index (κ3) is 11.9. The van der Waals surface area contributed by atoms with E-state index in [1.165, 1.54) is 14.2 Å². The molecule has 1 saturated heterocycles. The third-order valence-electron chi connectivity index (χ3n) is 10.8. The Morgan fingerprint density at radius 2 is 1.58 bits per heavy atom. The number of amides is 4. The monoisotopic (exact) mass is 746 g/mol. The Bertz CT molecular complexity index is 1370. The Morgan fingerprint density at radius 1 is 0.962 bits per heavy atom. The van der Waals surface area contributed by atoms with E-state index in [0.717, 1.165) is 0 Å². The first-order valence-electron chi connectivity index (χ1n) is 18.9. The molecule has 1 heterocycles. The van der Waals surface area contributed by atoms with Crippen molar-refractivity contribution in [3.8, 4) is 0 Å². The molecule has 14 nitrogen and oxygen atoms in total. The van der Waals surface area contributed by atoms with E-state index in [2.05, 4.69) is 16.0 Å². The van der Waals surface area contributed by atoms with Gasteiger partial charge in [-0.3, -0.25) is 19.2 Å². The van der Waals surface area contributed by atoms with E-state index in [0.29, 0.717) is 37.1 Å². The molecule has 1 aliphatic heterocycles. The number of nitrogens with one attached hydrogen (secondary N) is 3. The average molecular weight is 747 g/mol. The summed E-state index contributed by atoms with van der Waals surface area (Å²) >= 11 is 0. The van der Waals surface area contributed by atoms with E-state index in [-0.39, 0.29) is 48.3 Å². The number of nitrogens with zero attached hydrogens (tertiary/aromatic N) is 2. The maximum Gasteiger partial charge on any atom is 0.326 e. The van der Waals surface area contributed by atoms with Crippen molar-refractivity contribution in [1.82, 2.24) is 25.8 Å². The summed E-state index contributed by atoms with van der Waals surface area (Å²) in [4.78, 5) is 70.4. The molecule has 1 aliphatic rings. The molecule has 14 heteroatoms. The van der Waals surface area contributed by atoms with Crippen LogP contribution < -0.4 is 21.7 Å². The topological polar surface area (TPSA) is 193 Å². The number of ether oxygens (including phenoxy) is 2. The number of benzene rings is 1. The maximum atomic E-state index is 14.1. The van der Waals surface area contributed by atoms with Crippen molar-refractivity contribution >= 4 is 35.3 Å². The van der Waals surface area contributed by atoms with Gasteiger partial charge in [-0.2, -0.15) is 0 Å². The molecule has 1 fully saturated rings. The van der Waals surface area contributed by atoms with Gasteiger partial charge >= 0.3 is 5.97 Å². The lowest BCUT2D eigenvalue weighted by Gasteiger charge is -2.41.